The normalized spacial score (nSPS) is 11.0. The van der Waals surface area contributed by atoms with Crippen LogP contribution < -0.4 is 4.98 Å². The average molecular weight is 180 g/mol. The summed E-state index contributed by atoms with van der Waals surface area (Å²) >= 11 is 0. The van der Waals surface area contributed by atoms with Gasteiger partial charge < -0.3 is 4.74 Å². The van der Waals surface area contributed by atoms with Crippen LogP contribution in [0.5, 0.6) is 0 Å². The SMILES string of the molecule is CC(C)(C)OC(=O)c1cccc[nH+]1. The second-order valence-corrected chi connectivity index (χ2v) is 3.78. The fraction of sp³-hybridized carbons (Fsp3) is 0.400. The molecule has 0 atom stereocenters. The molecule has 1 N–H and O–H groups in total. The molecule has 1 aromatic heterocycles. The van der Waals surface area contributed by atoms with Crippen LogP contribution >= 0.6 is 0 Å². The van der Waals surface area contributed by atoms with E-state index >= 15 is 0 Å². The van der Waals surface area contributed by atoms with Crippen molar-refractivity contribution >= 4 is 5.97 Å². The van der Waals surface area contributed by atoms with E-state index in [1.165, 1.54) is 0 Å². The predicted octanol–water partition coefficient (Wildman–Crippen LogP) is 1.46. The molecule has 0 bridgehead atoms. The topological polar surface area (TPSA) is 40.4 Å². The van der Waals surface area contributed by atoms with Gasteiger partial charge in [0, 0.05) is 12.1 Å². The summed E-state index contributed by atoms with van der Waals surface area (Å²) in [5.41, 5.74) is 0.0262. The van der Waals surface area contributed by atoms with E-state index in [-0.39, 0.29) is 5.97 Å². The molecule has 0 spiro atoms. The van der Waals surface area contributed by atoms with E-state index in [4.69, 9.17) is 4.74 Å². The van der Waals surface area contributed by atoms with Crippen molar-refractivity contribution in [1.29, 1.82) is 0 Å². The third-order valence-electron chi connectivity index (χ3n) is 1.33. The quantitative estimate of drug-likeness (QED) is 0.614. The Morgan fingerprint density at radius 3 is 2.54 bits per heavy atom. The maximum Gasteiger partial charge on any atom is 0.404 e. The van der Waals surface area contributed by atoms with Gasteiger partial charge in [-0.1, -0.05) is 0 Å². The van der Waals surface area contributed by atoms with E-state index in [1.54, 1.807) is 18.3 Å². The predicted molar refractivity (Wildman–Crippen MR) is 48.2 cm³/mol. The Morgan fingerprint density at radius 1 is 1.38 bits per heavy atom. The third kappa shape index (κ3) is 3.23. The van der Waals surface area contributed by atoms with Gasteiger partial charge in [0.2, 0.25) is 0 Å². The number of aromatic nitrogens is 1. The van der Waals surface area contributed by atoms with Gasteiger partial charge in [0.1, 0.15) is 5.60 Å². The number of carbonyl (C=O) groups is 1. The zero-order chi connectivity index (χ0) is 9.90. The van der Waals surface area contributed by atoms with Gasteiger partial charge in [-0.05, 0) is 26.8 Å². The van der Waals surface area contributed by atoms with E-state index in [1.807, 2.05) is 26.8 Å². The van der Waals surface area contributed by atoms with Crippen molar-refractivity contribution in [2.75, 3.05) is 0 Å². The van der Waals surface area contributed by atoms with Crippen molar-refractivity contribution in [3.63, 3.8) is 0 Å². The molecule has 1 aromatic rings. The number of nitrogens with one attached hydrogen (secondary N) is 1. The molecule has 0 fully saturated rings. The summed E-state index contributed by atoms with van der Waals surface area (Å²) in [6.07, 6.45) is 1.69. The van der Waals surface area contributed by atoms with Gasteiger partial charge in [0.15, 0.2) is 6.20 Å². The van der Waals surface area contributed by atoms with Crippen LogP contribution in [0.2, 0.25) is 0 Å². The number of H-pyrrole nitrogens is 1. The van der Waals surface area contributed by atoms with Crippen LogP contribution in [0.3, 0.4) is 0 Å². The van der Waals surface area contributed by atoms with Gasteiger partial charge in [0.25, 0.3) is 5.69 Å². The van der Waals surface area contributed by atoms with Crippen LogP contribution in [0.4, 0.5) is 0 Å². The molecule has 0 unspecified atom stereocenters. The first-order valence-electron chi connectivity index (χ1n) is 4.19. The largest absolute Gasteiger partial charge is 0.452 e. The Balaban J connectivity index is 2.71. The maximum atomic E-state index is 11.4. The molecule has 13 heavy (non-hydrogen) atoms. The molecule has 0 aliphatic rings. The Kier molecular flexibility index (Phi) is 2.66. The van der Waals surface area contributed by atoms with Crippen molar-refractivity contribution in [1.82, 2.24) is 0 Å². The lowest BCUT2D eigenvalue weighted by Gasteiger charge is -2.17. The lowest BCUT2D eigenvalue weighted by atomic mass is 10.2. The van der Waals surface area contributed by atoms with E-state index in [0.29, 0.717) is 5.69 Å². The number of aromatic amines is 1. The second kappa shape index (κ2) is 3.56. The number of ether oxygens (including phenoxy) is 1. The number of carbonyl (C=O) groups excluding carboxylic acids is 1. The number of pyridine rings is 1. The lowest BCUT2D eigenvalue weighted by molar-refractivity contribution is -0.384. The van der Waals surface area contributed by atoms with Crippen LogP contribution in [0, 0.1) is 0 Å². The van der Waals surface area contributed by atoms with Crippen molar-refractivity contribution in [3.8, 4) is 0 Å². The number of rotatable bonds is 1. The minimum Gasteiger partial charge on any atom is -0.452 e. The summed E-state index contributed by atoms with van der Waals surface area (Å²) in [5, 5.41) is 0. The van der Waals surface area contributed by atoms with E-state index in [2.05, 4.69) is 4.98 Å². The summed E-state index contributed by atoms with van der Waals surface area (Å²) < 4.78 is 5.15. The van der Waals surface area contributed by atoms with Crippen LogP contribution in [0.25, 0.3) is 0 Å². The first-order valence-corrected chi connectivity index (χ1v) is 4.19. The van der Waals surface area contributed by atoms with Gasteiger partial charge >= 0.3 is 5.97 Å². The highest BCUT2D eigenvalue weighted by Crippen LogP contribution is 2.08. The van der Waals surface area contributed by atoms with Crippen LogP contribution in [-0.2, 0) is 4.74 Å². The molecule has 0 aliphatic heterocycles. The van der Waals surface area contributed by atoms with E-state index < -0.39 is 5.60 Å². The van der Waals surface area contributed by atoms with Gasteiger partial charge in [-0.2, -0.15) is 0 Å². The first kappa shape index (κ1) is 9.71. The smallest absolute Gasteiger partial charge is 0.404 e. The average Bonchev–Trinajstić information content (AvgIpc) is 2.03. The molecule has 70 valence electrons. The standard InChI is InChI=1S/C10H13NO2/c1-10(2,3)13-9(12)8-6-4-5-7-11-8/h4-7H,1-3H3/p+1. The van der Waals surface area contributed by atoms with Crippen LogP contribution in [0.1, 0.15) is 31.3 Å². The fourth-order valence-corrected chi connectivity index (χ4v) is 0.853. The van der Waals surface area contributed by atoms with E-state index in [9.17, 15) is 4.79 Å². The lowest BCUT2D eigenvalue weighted by Crippen LogP contribution is -2.27. The molecule has 1 rings (SSSR count). The summed E-state index contributed by atoms with van der Waals surface area (Å²) in [7, 11) is 0. The summed E-state index contributed by atoms with van der Waals surface area (Å²) in [5.74, 6) is -0.326. The molecule has 0 amide bonds. The van der Waals surface area contributed by atoms with Gasteiger partial charge in [-0.25, -0.2) is 9.78 Å². The van der Waals surface area contributed by atoms with Gasteiger partial charge in [-0.15, -0.1) is 0 Å². The summed E-state index contributed by atoms with van der Waals surface area (Å²) in [4.78, 5) is 14.2. The van der Waals surface area contributed by atoms with Gasteiger partial charge in [0.05, 0.1) is 0 Å². The zero-order valence-electron chi connectivity index (χ0n) is 8.13. The minimum absolute atomic E-state index is 0.326. The van der Waals surface area contributed by atoms with E-state index in [0.717, 1.165) is 0 Å². The van der Waals surface area contributed by atoms with Crippen molar-refractivity contribution in [2.45, 2.75) is 26.4 Å². The molecule has 0 saturated heterocycles. The fourth-order valence-electron chi connectivity index (χ4n) is 0.853. The number of esters is 1. The van der Waals surface area contributed by atoms with Crippen molar-refractivity contribution in [3.05, 3.63) is 30.1 Å². The molecule has 0 radical (unpaired) electrons. The maximum absolute atomic E-state index is 11.4. The Morgan fingerprint density at radius 2 is 2.08 bits per heavy atom. The monoisotopic (exact) mass is 180 g/mol. The molecule has 0 saturated carbocycles. The Labute approximate surface area is 77.8 Å². The molecular weight excluding hydrogens is 166 g/mol. The minimum atomic E-state index is -0.444. The first-order chi connectivity index (χ1) is 5.99. The molecule has 1 heterocycles. The highest BCUT2D eigenvalue weighted by Gasteiger charge is 2.21. The molecule has 3 nitrogen and oxygen atoms in total. The Hall–Kier alpha value is -1.38. The van der Waals surface area contributed by atoms with Crippen LogP contribution in [0.15, 0.2) is 24.4 Å². The molecule has 0 aliphatic carbocycles. The third-order valence-corrected chi connectivity index (χ3v) is 1.33. The highest BCUT2D eigenvalue weighted by atomic mass is 16.6. The summed E-state index contributed by atoms with van der Waals surface area (Å²) in [6.45, 7) is 5.52. The van der Waals surface area contributed by atoms with Crippen molar-refractivity contribution < 1.29 is 14.5 Å². The zero-order valence-corrected chi connectivity index (χ0v) is 8.13. The highest BCUT2D eigenvalue weighted by molar-refractivity contribution is 5.85. The molecular formula is C10H14NO2+. The molecule has 3 heteroatoms. The second-order valence-electron chi connectivity index (χ2n) is 3.78. The Bertz CT molecular complexity index is 288. The van der Waals surface area contributed by atoms with Gasteiger partial charge in [-0.3, -0.25) is 0 Å². The van der Waals surface area contributed by atoms with Crippen molar-refractivity contribution in [2.24, 2.45) is 0 Å². The number of hydrogen-bond donors (Lipinski definition) is 0. The number of hydrogen-bond acceptors (Lipinski definition) is 2. The molecule has 0 aromatic carbocycles. The van der Waals surface area contributed by atoms with Crippen LogP contribution in [-0.4, -0.2) is 11.6 Å². The summed E-state index contributed by atoms with van der Waals surface area (Å²) in [6, 6.07) is 5.29.